The molecule has 0 spiro atoms. The average Bonchev–Trinajstić information content (AvgIpc) is 2.08. The first kappa shape index (κ1) is 15.4. The van der Waals surface area contributed by atoms with Crippen molar-refractivity contribution < 1.29 is 14.6 Å². The molecule has 0 fully saturated rings. The minimum atomic E-state index is -0.437. The summed E-state index contributed by atoms with van der Waals surface area (Å²) in [6, 6.07) is 0. The molecule has 0 rings (SSSR count). The normalized spacial score (nSPS) is 13.9. The van der Waals surface area contributed by atoms with Gasteiger partial charge in [0.15, 0.2) is 0 Å². The quantitative estimate of drug-likeness (QED) is 0.674. The van der Waals surface area contributed by atoms with Crippen molar-refractivity contribution in [3.05, 3.63) is 0 Å². The Morgan fingerprint density at radius 2 is 1.94 bits per heavy atom. The molecule has 0 aliphatic heterocycles. The van der Waals surface area contributed by atoms with Crippen molar-refractivity contribution in [2.24, 2.45) is 11.8 Å². The Hall–Kier alpha value is -0.610. The molecule has 0 amide bonds. The smallest absolute Gasteiger partial charge is 0.320 e. The SMILES string of the molecule is CC(C)C(CO)CNCC(=O)OC(C)(C)C. The lowest BCUT2D eigenvalue weighted by molar-refractivity contribution is -0.153. The van der Waals surface area contributed by atoms with E-state index >= 15 is 0 Å². The van der Waals surface area contributed by atoms with Crippen molar-refractivity contribution in [3.8, 4) is 0 Å². The molecule has 0 aliphatic carbocycles. The summed E-state index contributed by atoms with van der Waals surface area (Å²) in [6.07, 6.45) is 0. The second-order valence-corrected chi connectivity index (χ2v) is 5.40. The molecule has 1 unspecified atom stereocenters. The second kappa shape index (κ2) is 6.86. The zero-order chi connectivity index (χ0) is 12.8. The number of carbonyl (C=O) groups excluding carboxylic acids is 1. The van der Waals surface area contributed by atoms with Gasteiger partial charge in [-0.05, 0) is 32.6 Å². The fourth-order valence-electron chi connectivity index (χ4n) is 1.25. The first-order chi connectivity index (χ1) is 7.26. The molecule has 0 saturated carbocycles. The highest BCUT2D eigenvalue weighted by atomic mass is 16.6. The van der Waals surface area contributed by atoms with E-state index in [2.05, 4.69) is 19.2 Å². The van der Waals surface area contributed by atoms with E-state index in [9.17, 15) is 4.79 Å². The fourth-order valence-corrected chi connectivity index (χ4v) is 1.25. The number of nitrogens with one attached hydrogen (secondary N) is 1. The van der Waals surface area contributed by atoms with E-state index in [-0.39, 0.29) is 25.0 Å². The van der Waals surface area contributed by atoms with Crippen LogP contribution in [-0.2, 0) is 9.53 Å². The zero-order valence-electron chi connectivity index (χ0n) is 11.0. The highest BCUT2D eigenvalue weighted by Gasteiger charge is 2.17. The molecular weight excluding hydrogens is 206 g/mol. The van der Waals surface area contributed by atoms with Gasteiger partial charge in [0.05, 0.1) is 6.54 Å². The van der Waals surface area contributed by atoms with Crippen LogP contribution < -0.4 is 5.32 Å². The predicted octanol–water partition coefficient (Wildman–Crippen LogP) is 1.18. The van der Waals surface area contributed by atoms with Crippen LogP contribution in [0.5, 0.6) is 0 Å². The van der Waals surface area contributed by atoms with E-state index < -0.39 is 5.60 Å². The molecule has 0 aliphatic rings. The molecule has 0 aromatic heterocycles. The van der Waals surface area contributed by atoms with Crippen LogP contribution in [0.1, 0.15) is 34.6 Å². The first-order valence-corrected chi connectivity index (χ1v) is 5.79. The third-order valence-electron chi connectivity index (χ3n) is 2.27. The first-order valence-electron chi connectivity index (χ1n) is 5.79. The van der Waals surface area contributed by atoms with Gasteiger partial charge in [0, 0.05) is 13.2 Å². The lowest BCUT2D eigenvalue weighted by atomic mass is 9.97. The summed E-state index contributed by atoms with van der Waals surface area (Å²) >= 11 is 0. The molecule has 0 saturated heterocycles. The Balaban J connectivity index is 3.77. The van der Waals surface area contributed by atoms with Crippen molar-refractivity contribution in [2.45, 2.75) is 40.2 Å². The van der Waals surface area contributed by atoms with Gasteiger partial charge in [0.2, 0.25) is 0 Å². The van der Waals surface area contributed by atoms with Gasteiger partial charge in [0.1, 0.15) is 5.60 Å². The molecule has 4 heteroatoms. The maximum atomic E-state index is 11.4. The van der Waals surface area contributed by atoms with E-state index in [1.54, 1.807) is 0 Å². The van der Waals surface area contributed by atoms with Crippen molar-refractivity contribution in [2.75, 3.05) is 19.7 Å². The lowest BCUT2D eigenvalue weighted by Crippen LogP contribution is -2.35. The van der Waals surface area contributed by atoms with Crippen LogP contribution in [0.2, 0.25) is 0 Å². The second-order valence-electron chi connectivity index (χ2n) is 5.40. The molecule has 0 heterocycles. The summed E-state index contributed by atoms with van der Waals surface area (Å²) < 4.78 is 5.15. The molecule has 16 heavy (non-hydrogen) atoms. The molecule has 0 bridgehead atoms. The topological polar surface area (TPSA) is 58.6 Å². The molecule has 96 valence electrons. The minimum absolute atomic E-state index is 0.138. The maximum Gasteiger partial charge on any atom is 0.320 e. The zero-order valence-corrected chi connectivity index (χ0v) is 11.0. The molecule has 0 aromatic carbocycles. The number of ether oxygens (including phenoxy) is 1. The Morgan fingerprint density at radius 1 is 1.38 bits per heavy atom. The molecule has 4 nitrogen and oxygen atoms in total. The van der Waals surface area contributed by atoms with Crippen molar-refractivity contribution in [3.63, 3.8) is 0 Å². The number of aliphatic hydroxyl groups excluding tert-OH is 1. The molecular formula is C12H25NO3. The molecule has 1 atom stereocenters. The number of hydrogen-bond donors (Lipinski definition) is 2. The number of carbonyl (C=O) groups is 1. The van der Waals surface area contributed by atoms with Crippen LogP contribution in [0, 0.1) is 11.8 Å². The van der Waals surface area contributed by atoms with E-state index in [1.165, 1.54) is 0 Å². The summed E-state index contributed by atoms with van der Waals surface area (Å²) in [5.41, 5.74) is -0.437. The standard InChI is InChI=1S/C12H25NO3/c1-9(2)10(8-14)6-13-7-11(15)16-12(3,4)5/h9-10,13-14H,6-8H2,1-5H3. The third kappa shape index (κ3) is 7.65. The summed E-state index contributed by atoms with van der Waals surface area (Å²) in [7, 11) is 0. The van der Waals surface area contributed by atoms with Gasteiger partial charge in [-0.2, -0.15) is 0 Å². The van der Waals surface area contributed by atoms with Gasteiger partial charge in [-0.3, -0.25) is 4.79 Å². The summed E-state index contributed by atoms with van der Waals surface area (Å²) in [5, 5.41) is 12.1. The number of rotatable bonds is 6. The monoisotopic (exact) mass is 231 g/mol. The number of esters is 1. The van der Waals surface area contributed by atoms with E-state index in [0.717, 1.165) is 0 Å². The highest BCUT2D eigenvalue weighted by molar-refractivity contribution is 5.72. The fraction of sp³-hybridized carbons (Fsp3) is 0.917. The van der Waals surface area contributed by atoms with E-state index in [4.69, 9.17) is 9.84 Å². The lowest BCUT2D eigenvalue weighted by Gasteiger charge is -2.21. The van der Waals surface area contributed by atoms with Gasteiger partial charge in [-0.15, -0.1) is 0 Å². The Labute approximate surface area is 98.4 Å². The van der Waals surface area contributed by atoms with Gasteiger partial charge < -0.3 is 15.2 Å². The Kier molecular flexibility index (Phi) is 6.60. The van der Waals surface area contributed by atoms with Gasteiger partial charge in [-0.25, -0.2) is 0 Å². The largest absolute Gasteiger partial charge is 0.459 e. The van der Waals surface area contributed by atoms with Crippen molar-refractivity contribution in [1.82, 2.24) is 5.32 Å². The number of hydrogen-bond acceptors (Lipinski definition) is 4. The summed E-state index contributed by atoms with van der Waals surface area (Å²) in [6.45, 7) is 10.6. The van der Waals surface area contributed by atoms with Crippen LogP contribution in [0.25, 0.3) is 0 Å². The van der Waals surface area contributed by atoms with Crippen molar-refractivity contribution >= 4 is 5.97 Å². The summed E-state index contributed by atoms with van der Waals surface area (Å²) in [5.74, 6) is 0.325. The molecule has 0 aromatic rings. The maximum absolute atomic E-state index is 11.4. The van der Waals surface area contributed by atoms with E-state index in [1.807, 2.05) is 20.8 Å². The Morgan fingerprint density at radius 3 is 2.31 bits per heavy atom. The van der Waals surface area contributed by atoms with Crippen LogP contribution in [0.15, 0.2) is 0 Å². The van der Waals surface area contributed by atoms with E-state index in [0.29, 0.717) is 12.5 Å². The molecule has 0 radical (unpaired) electrons. The number of aliphatic hydroxyl groups is 1. The van der Waals surface area contributed by atoms with Crippen LogP contribution >= 0.6 is 0 Å². The predicted molar refractivity (Wildman–Crippen MR) is 64.1 cm³/mol. The molecule has 2 N–H and O–H groups in total. The minimum Gasteiger partial charge on any atom is -0.459 e. The third-order valence-corrected chi connectivity index (χ3v) is 2.27. The highest BCUT2D eigenvalue weighted by Crippen LogP contribution is 2.09. The van der Waals surface area contributed by atoms with Crippen molar-refractivity contribution in [1.29, 1.82) is 0 Å². The van der Waals surface area contributed by atoms with Crippen LogP contribution in [0.3, 0.4) is 0 Å². The summed E-state index contributed by atoms with van der Waals surface area (Å²) in [4.78, 5) is 11.4. The van der Waals surface area contributed by atoms with Crippen LogP contribution in [-0.4, -0.2) is 36.4 Å². The van der Waals surface area contributed by atoms with Gasteiger partial charge >= 0.3 is 5.97 Å². The average molecular weight is 231 g/mol. The van der Waals surface area contributed by atoms with Gasteiger partial charge in [-0.1, -0.05) is 13.8 Å². The Bertz CT molecular complexity index is 209. The van der Waals surface area contributed by atoms with Crippen LogP contribution in [0.4, 0.5) is 0 Å². The van der Waals surface area contributed by atoms with Gasteiger partial charge in [0.25, 0.3) is 0 Å².